The highest BCUT2D eigenvalue weighted by molar-refractivity contribution is 5.99. The number of carbonyl (C=O) groups is 2. The van der Waals surface area contributed by atoms with E-state index < -0.39 is 6.04 Å². The summed E-state index contributed by atoms with van der Waals surface area (Å²) < 4.78 is 12.1. The van der Waals surface area contributed by atoms with Gasteiger partial charge in [-0.05, 0) is 20.8 Å². The number of hydrogen-bond acceptors (Lipinski definition) is 5. The molecule has 0 saturated carbocycles. The Morgan fingerprint density at radius 1 is 1.46 bits per heavy atom. The molecule has 0 fully saturated rings. The summed E-state index contributed by atoms with van der Waals surface area (Å²) in [4.78, 5) is 25.7. The minimum Gasteiger partial charge on any atom is -0.499 e. The molecule has 2 rings (SSSR count). The number of anilines is 1. The van der Waals surface area contributed by atoms with Crippen molar-refractivity contribution in [1.82, 2.24) is 14.7 Å². The van der Waals surface area contributed by atoms with Crippen LogP contribution in [-0.2, 0) is 25.6 Å². The molecule has 1 aromatic heterocycles. The van der Waals surface area contributed by atoms with Crippen molar-refractivity contribution in [2.24, 2.45) is 0 Å². The number of nitrogens with zero attached hydrogens (tertiary/aromatic N) is 3. The number of nitrogens with one attached hydrogen (secondary N) is 1. The van der Waals surface area contributed by atoms with Gasteiger partial charge in [0.2, 0.25) is 5.91 Å². The zero-order valence-corrected chi connectivity index (χ0v) is 14.7. The Morgan fingerprint density at radius 2 is 2.17 bits per heavy atom. The molecule has 8 nitrogen and oxygen atoms in total. The van der Waals surface area contributed by atoms with Crippen molar-refractivity contribution in [2.45, 2.75) is 39.0 Å². The van der Waals surface area contributed by atoms with Gasteiger partial charge in [0.15, 0.2) is 5.82 Å². The van der Waals surface area contributed by atoms with Crippen molar-refractivity contribution in [3.8, 4) is 0 Å². The lowest BCUT2D eigenvalue weighted by Gasteiger charge is -2.23. The fourth-order valence-corrected chi connectivity index (χ4v) is 2.31. The zero-order chi connectivity index (χ0) is 17.9. The summed E-state index contributed by atoms with van der Waals surface area (Å²) in [5.41, 5.74) is -0.356. The number of ether oxygens (including phenoxy) is 2. The molecule has 1 N–H and O–H groups in total. The Kier molecular flexibility index (Phi) is 5.28. The molecule has 0 aromatic carbocycles. The predicted molar refractivity (Wildman–Crippen MR) is 88.2 cm³/mol. The minimum atomic E-state index is -0.623. The molecule has 1 aliphatic heterocycles. The fraction of sp³-hybridized carbons (Fsp3) is 0.562. The van der Waals surface area contributed by atoms with Gasteiger partial charge in [0, 0.05) is 25.4 Å². The lowest BCUT2D eigenvalue weighted by Crippen LogP contribution is -2.43. The maximum absolute atomic E-state index is 12.3. The Morgan fingerprint density at radius 3 is 2.75 bits per heavy atom. The predicted octanol–water partition coefficient (Wildman–Crippen LogP) is 1.01. The number of aromatic nitrogens is 2. The van der Waals surface area contributed by atoms with Gasteiger partial charge >= 0.3 is 0 Å². The van der Waals surface area contributed by atoms with Crippen molar-refractivity contribution in [2.75, 3.05) is 26.1 Å². The van der Waals surface area contributed by atoms with Crippen LogP contribution in [0.25, 0.3) is 0 Å². The van der Waals surface area contributed by atoms with E-state index in [-0.39, 0.29) is 17.4 Å². The monoisotopic (exact) mass is 336 g/mol. The summed E-state index contributed by atoms with van der Waals surface area (Å²) in [5.74, 6) is 0.447. The van der Waals surface area contributed by atoms with E-state index in [0.29, 0.717) is 24.7 Å². The third-order valence-electron chi connectivity index (χ3n) is 3.99. The van der Waals surface area contributed by atoms with Gasteiger partial charge in [0.25, 0.3) is 5.91 Å². The highest BCUT2D eigenvalue weighted by Gasteiger charge is 2.31. The molecule has 0 radical (unpaired) electrons. The molecule has 1 aromatic rings. The molecule has 8 heteroatoms. The van der Waals surface area contributed by atoms with Crippen molar-refractivity contribution in [3.63, 3.8) is 0 Å². The van der Waals surface area contributed by atoms with Crippen LogP contribution in [0.4, 0.5) is 5.82 Å². The maximum Gasteiger partial charge on any atom is 0.251 e. The summed E-state index contributed by atoms with van der Waals surface area (Å²) in [6.45, 7) is 6.43. The van der Waals surface area contributed by atoms with E-state index in [1.54, 1.807) is 31.0 Å². The SMILES string of the molecule is COC1=CC(=O)N(C(C)C(=O)Nc2ccn(CC(C)(C)OC)n2)C1. The van der Waals surface area contributed by atoms with Gasteiger partial charge in [-0.15, -0.1) is 0 Å². The fourth-order valence-electron chi connectivity index (χ4n) is 2.31. The van der Waals surface area contributed by atoms with Crippen LogP contribution in [-0.4, -0.2) is 58.9 Å². The van der Waals surface area contributed by atoms with Crippen molar-refractivity contribution in [3.05, 3.63) is 24.1 Å². The average molecular weight is 336 g/mol. The normalized spacial score (nSPS) is 16.1. The summed E-state index contributed by atoms with van der Waals surface area (Å²) >= 11 is 0. The number of carbonyl (C=O) groups excluding carboxylic acids is 2. The minimum absolute atomic E-state index is 0.234. The molecule has 1 unspecified atom stereocenters. The third-order valence-corrected chi connectivity index (χ3v) is 3.99. The molecule has 0 saturated heterocycles. The first kappa shape index (κ1) is 18.0. The Labute approximate surface area is 141 Å². The Bertz CT molecular complexity index is 650. The standard InChI is InChI=1S/C16H24N4O4/c1-11(20-9-12(23-4)8-14(20)21)15(22)17-13-6-7-19(18-13)10-16(2,3)24-5/h6-8,11H,9-10H2,1-5H3,(H,17,18,22). The van der Waals surface area contributed by atoms with Crippen LogP contribution in [0.5, 0.6) is 0 Å². The lowest BCUT2D eigenvalue weighted by molar-refractivity contribution is -0.132. The van der Waals surface area contributed by atoms with E-state index in [1.165, 1.54) is 18.1 Å². The molecule has 0 aliphatic carbocycles. The highest BCUT2D eigenvalue weighted by atomic mass is 16.5. The van der Waals surface area contributed by atoms with Gasteiger partial charge in [-0.3, -0.25) is 14.3 Å². The highest BCUT2D eigenvalue weighted by Crippen LogP contribution is 2.16. The quantitative estimate of drug-likeness (QED) is 0.803. The number of amides is 2. The Balaban J connectivity index is 1.95. The molecule has 1 atom stereocenters. The van der Waals surface area contributed by atoms with E-state index in [4.69, 9.17) is 9.47 Å². The van der Waals surface area contributed by atoms with Gasteiger partial charge in [-0.25, -0.2) is 0 Å². The molecule has 24 heavy (non-hydrogen) atoms. The second kappa shape index (κ2) is 7.04. The van der Waals surface area contributed by atoms with Crippen molar-refractivity contribution >= 4 is 17.6 Å². The molecular formula is C16H24N4O4. The first-order valence-corrected chi connectivity index (χ1v) is 7.70. The van der Waals surface area contributed by atoms with Crippen LogP contribution in [0.15, 0.2) is 24.1 Å². The molecule has 0 spiro atoms. The van der Waals surface area contributed by atoms with Crippen LogP contribution in [0.2, 0.25) is 0 Å². The summed E-state index contributed by atoms with van der Waals surface area (Å²) in [7, 11) is 3.14. The summed E-state index contributed by atoms with van der Waals surface area (Å²) in [6.07, 6.45) is 3.16. The zero-order valence-electron chi connectivity index (χ0n) is 14.7. The van der Waals surface area contributed by atoms with Gasteiger partial charge in [0.1, 0.15) is 11.8 Å². The Hall–Kier alpha value is -2.35. The molecule has 2 heterocycles. The van der Waals surface area contributed by atoms with Crippen LogP contribution in [0, 0.1) is 0 Å². The largest absolute Gasteiger partial charge is 0.499 e. The maximum atomic E-state index is 12.3. The smallest absolute Gasteiger partial charge is 0.251 e. The van der Waals surface area contributed by atoms with E-state index >= 15 is 0 Å². The topological polar surface area (TPSA) is 85.7 Å². The van der Waals surface area contributed by atoms with E-state index in [1.807, 2.05) is 13.8 Å². The van der Waals surface area contributed by atoms with Gasteiger partial charge in [-0.2, -0.15) is 5.10 Å². The molecular weight excluding hydrogens is 312 g/mol. The van der Waals surface area contributed by atoms with Gasteiger partial charge in [0.05, 0.1) is 25.8 Å². The molecule has 1 aliphatic rings. The van der Waals surface area contributed by atoms with Gasteiger partial charge < -0.3 is 19.7 Å². The van der Waals surface area contributed by atoms with Crippen molar-refractivity contribution < 1.29 is 19.1 Å². The number of methoxy groups -OCH3 is 2. The first-order valence-electron chi connectivity index (χ1n) is 7.70. The van der Waals surface area contributed by atoms with Crippen LogP contribution < -0.4 is 5.32 Å². The summed E-state index contributed by atoms with van der Waals surface area (Å²) in [6, 6.07) is 1.09. The molecule has 0 bridgehead atoms. The molecule has 132 valence electrons. The van der Waals surface area contributed by atoms with Crippen molar-refractivity contribution in [1.29, 1.82) is 0 Å². The number of hydrogen-bond donors (Lipinski definition) is 1. The van der Waals surface area contributed by atoms with Crippen LogP contribution in [0.1, 0.15) is 20.8 Å². The van der Waals surface area contributed by atoms with E-state index in [2.05, 4.69) is 10.4 Å². The number of rotatable bonds is 7. The molecule has 2 amide bonds. The lowest BCUT2D eigenvalue weighted by atomic mass is 10.1. The van der Waals surface area contributed by atoms with Crippen LogP contribution in [0.3, 0.4) is 0 Å². The average Bonchev–Trinajstić information content (AvgIpc) is 3.12. The second-order valence-corrected chi connectivity index (χ2v) is 6.31. The first-order chi connectivity index (χ1) is 11.3. The third kappa shape index (κ3) is 4.14. The second-order valence-electron chi connectivity index (χ2n) is 6.31. The van der Waals surface area contributed by atoms with E-state index in [0.717, 1.165) is 0 Å². The van der Waals surface area contributed by atoms with Crippen LogP contribution >= 0.6 is 0 Å². The van der Waals surface area contributed by atoms with Gasteiger partial charge in [-0.1, -0.05) is 0 Å². The van der Waals surface area contributed by atoms with E-state index in [9.17, 15) is 9.59 Å². The summed E-state index contributed by atoms with van der Waals surface area (Å²) in [5, 5.41) is 7.03.